The van der Waals surface area contributed by atoms with E-state index in [-0.39, 0.29) is 23.2 Å². The first-order chi connectivity index (χ1) is 13.4. The molecule has 3 rings (SSSR count). The summed E-state index contributed by atoms with van der Waals surface area (Å²) in [5.74, 6) is -0.617. The van der Waals surface area contributed by atoms with Crippen LogP contribution in [0, 0.1) is 13.8 Å². The van der Waals surface area contributed by atoms with Gasteiger partial charge in [-0.3, -0.25) is 14.3 Å². The molecule has 0 aliphatic heterocycles. The molecule has 0 aliphatic carbocycles. The highest BCUT2D eigenvalue weighted by Crippen LogP contribution is 2.26. The maximum atomic E-state index is 12.6. The molecule has 2 aromatic heterocycles. The number of benzene rings is 1. The highest BCUT2D eigenvalue weighted by atomic mass is 16.5. The quantitative estimate of drug-likeness (QED) is 0.686. The third kappa shape index (κ3) is 3.47. The van der Waals surface area contributed by atoms with E-state index in [0.29, 0.717) is 18.7 Å². The Morgan fingerprint density at radius 3 is 2.57 bits per heavy atom. The summed E-state index contributed by atoms with van der Waals surface area (Å²) in [5, 5.41) is 0.0695. The van der Waals surface area contributed by atoms with Crippen molar-refractivity contribution in [3.63, 3.8) is 0 Å². The van der Waals surface area contributed by atoms with Crippen LogP contribution in [0.15, 0.2) is 33.9 Å². The molecule has 0 bridgehead atoms. The number of carbonyl (C=O) groups is 1. The summed E-state index contributed by atoms with van der Waals surface area (Å²) in [7, 11) is 0. The zero-order valence-electron chi connectivity index (χ0n) is 16.5. The largest absolute Gasteiger partial charge is 0.462 e. The minimum Gasteiger partial charge on any atom is -0.462 e. The lowest BCUT2D eigenvalue weighted by molar-refractivity contribution is 0.0528. The third-order valence-electron chi connectivity index (χ3n) is 4.55. The number of aromatic nitrogens is 3. The molecule has 0 spiro atoms. The van der Waals surface area contributed by atoms with Gasteiger partial charge in [-0.15, -0.1) is 0 Å². The van der Waals surface area contributed by atoms with Gasteiger partial charge in [-0.1, -0.05) is 30.7 Å². The predicted molar refractivity (Wildman–Crippen MR) is 108 cm³/mol. The third-order valence-corrected chi connectivity index (χ3v) is 4.55. The number of esters is 1. The smallest absolute Gasteiger partial charge is 0.339 e. The molecular weight excluding hydrogens is 358 g/mol. The fourth-order valence-electron chi connectivity index (χ4n) is 3.31. The van der Waals surface area contributed by atoms with Crippen LogP contribution in [0.3, 0.4) is 0 Å². The van der Waals surface area contributed by atoms with Gasteiger partial charge >= 0.3 is 11.7 Å². The lowest BCUT2D eigenvalue weighted by atomic mass is 10.0. The number of rotatable bonds is 5. The summed E-state index contributed by atoms with van der Waals surface area (Å²) in [4.78, 5) is 44.4. The zero-order chi connectivity index (χ0) is 20.4. The SMILES string of the molecule is CCCn1c(=O)[nH]c(=O)c2c(C(=O)OCC)cc(-c3ccc(C)cc3C)nc21. The van der Waals surface area contributed by atoms with Crippen molar-refractivity contribution >= 4 is 17.0 Å². The van der Waals surface area contributed by atoms with Gasteiger partial charge in [-0.05, 0) is 38.8 Å². The molecular formula is C21H23N3O4. The van der Waals surface area contributed by atoms with Gasteiger partial charge < -0.3 is 4.74 Å². The number of hydrogen-bond acceptors (Lipinski definition) is 5. The van der Waals surface area contributed by atoms with Crippen LogP contribution in [0.4, 0.5) is 0 Å². The summed E-state index contributed by atoms with van der Waals surface area (Å²) in [6, 6.07) is 7.45. The molecule has 0 saturated heterocycles. The first kappa shape index (κ1) is 19.5. The summed E-state index contributed by atoms with van der Waals surface area (Å²) in [6.45, 7) is 8.11. The number of hydrogen-bond donors (Lipinski definition) is 1. The van der Waals surface area contributed by atoms with Crippen molar-refractivity contribution in [2.75, 3.05) is 6.61 Å². The number of nitrogens with zero attached hydrogens (tertiary/aromatic N) is 2. The Balaban J connectivity index is 2.44. The Morgan fingerprint density at radius 1 is 1.18 bits per heavy atom. The van der Waals surface area contributed by atoms with E-state index >= 15 is 0 Å². The number of ether oxygens (including phenoxy) is 1. The van der Waals surface area contributed by atoms with Gasteiger partial charge in [0.25, 0.3) is 5.56 Å². The number of carbonyl (C=O) groups excluding carboxylic acids is 1. The van der Waals surface area contributed by atoms with Gasteiger partial charge in [-0.25, -0.2) is 14.6 Å². The number of H-pyrrole nitrogens is 1. The molecule has 0 aliphatic rings. The van der Waals surface area contributed by atoms with Crippen molar-refractivity contribution in [1.82, 2.24) is 14.5 Å². The molecule has 1 aromatic carbocycles. The molecule has 28 heavy (non-hydrogen) atoms. The molecule has 0 saturated carbocycles. The second kappa shape index (κ2) is 7.80. The minimum absolute atomic E-state index is 0.0695. The molecule has 1 N–H and O–H groups in total. The second-order valence-corrected chi connectivity index (χ2v) is 6.70. The van der Waals surface area contributed by atoms with Crippen LogP contribution in [-0.2, 0) is 11.3 Å². The molecule has 3 aromatic rings. The summed E-state index contributed by atoms with van der Waals surface area (Å²) < 4.78 is 6.55. The van der Waals surface area contributed by atoms with Gasteiger partial charge in [0.15, 0.2) is 5.65 Å². The van der Waals surface area contributed by atoms with E-state index in [2.05, 4.69) is 9.97 Å². The lowest BCUT2D eigenvalue weighted by Crippen LogP contribution is -2.32. The first-order valence-electron chi connectivity index (χ1n) is 9.30. The second-order valence-electron chi connectivity index (χ2n) is 6.70. The molecule has 0 unspecified atom stereocenters. The van der Waals surface area contributed by atoms with Crippen molar-refractivity contribution in [3.8, 4) is 11.3 Å². The molecule has 0 fully saturated rings. The van der Waals surface area contributed by atoms with Crippen LogP contribution in [0.25, 0.3) is 22.3 Å². The van der Waals surface area contributed by atoms with Crippen molar-refractivity contribution in [1.29, 1.82) is 0 Å². The van der Waals surface area contributed by atoms with Gasteiger partial charge in [0.1, 0.15) is 0 Å². The van der Waals surface area contributed by atoms with Gasteiger partial charge in [0.05, 0.1) is 23.3 Å². The van der Waals surface area contributed by atoms with E-state index in [4.69, 9.17) is 4.74 Å². The molecule has 0 amide bonds. The van der Waals surface area contributed by atoms with Crippen LogP contribution in [0.5, 0.6) is 0 Å². The molecule has 146 valence electrons. The molecule has 0 radical (unpaired) electrons. The Morgan fingerprint density at radius 2 is 1.93 bits per heavy atom. The highest BCUT2D eigenvalue weighted by molar-refractivity contribution is 6.03. The van der Waals surface area contributed by atoms with E-state index < -0.39 is 17.2 Å². The highest BCUT2D eigenvalue weighted by Gasteiger charge is 2.21. The van der Waals surface area contributed by atoms with Crippen molar-refractivity contribution in [2.45, 2.75) is 40.7 Å². The summed E-state index contributed by atoms with van der Waals surface area (Å²) in [6.07, 6.45) is 0.672. The van der Waals surface area contributed by atoms with E-state index in [1.165, 1.54) is 4.57 Å². The Labute approximate surface area is 162 Å². The number of pyridine rings is 1. The minimum atomic E-state index is -0.643. The van der Waals surface area contributed by atoms with Crippen LogP contribution in [0.1, 0.15) is 41.8 Å². The number of fused-ring (bicyclic) bond motifs is 1. The molecule has 7 heteroatoms. The monoisotopic (exact) mass is 381 g/mol. The average molecular weight is 381 g/mol. The number of aryl methyl sites for hydroxylation is 3. The summed E-state index contributed by atoms with van der Waals surface area (Å²) >= 11 is 0. The van der Waals surface area contributed by atoms with Gasteiger partial charge in [0.2, 0.25) is 0 Å². The van der Waals surface area contributed by atoms with Crippen LogP contribution in [0.2, 0.25) is 0 Å². The van der Waals surface area contributed by atoms with Crippen LogP contribution >= 0.6 is 0 Å². The van der Waals surface area contributed by atoms with E-state index in [9.17, 15) is 14.4 Å². The van der Waals surface area contributed by atoms with E-state index in [1.807, 2.05) is 39.0 Å². The number of nitrogens with one attached hydrogen (secondary N) is 1. The van der Waals surface area contributed by atoms with Crippen LogP contribution < -0.4 is 11.2 Å². The zero-order valence-corrected chi connectivity index (χ0v) is 16.5. The fourth-order valence-corrected chi connectivity index (χ4v) is 3.31. The van der Waals surface area contributed by atoms with E-state index in [1.54, 1.807) is 13.0 Å². The number of aromatic amines is 1. The maximum Gasteiger partial charge on any atom is 0.339 e. The maximum absolute atomic E-state index is 12.6. The van der Waals surface area contributed by atoms with Crippen molar-refractivity contribution < 1.29 is 9.53 Å². The standard InChI is InChI=1S/C21H23N3O4/c1-5-9-24-18-17(19(25)23-21(24)27)15(20(26)28-6-2)11-16(22-18)14-8-7-12(3)10-13(14)4/h7-8,10-11H,5-6,9H2,1-4H3,(H,23,25,27). The van der Waals surface area contributed by atoms with Gasteiger partial charge in [0, 0.05) is 12.1 Å². The van der Waals surface area contributed by atoms with Crippen LogP contribution in [-0.4, -0.2) is 27.1 Å². The normalized spacial score (nSPS) is 11.0. The molecule has 7 nitrogen and oxygen atoms in total. The molecule has 2 heterocycles. The van der Waals surface area contributed by atoms with Gasteiger partial charge in [-0.2, -0.15) is 0 Å². The first-order valence-corrected chi connectivity index (χ1v) is 9.30. The topological polar surface area (TPSA) is 94.1 Å². The van der Waals surface area contributed by atoms with E-state index in [0.717, 1.165) is 16.7 Å². The fraction of sp³-hybridized carbons (Fsp3) is 0.333. The predicted octanol–water partition coefficient (Wildman–Crippen LogP) is 2.96. The lowest BCUT2D eigenvalue weighted by Gasteiger charge is -2.14. The Hall–Kier alpha value is -3.22. The Bertz CT molecular complexity index is 1170. The molecule has 0 atom stereocenters. The summed E-state index contributed by atoms with van der Waals surface area (Å²) in [5.41, 5.74) is 2.54. The van der Waals surface area contributed by atoms with Crippen molar-refractivity contribution in [2.24, 2.45) is 0 Å². The average Bonchev–Trinajstić information content (AvgIpc) is 2.64. The Kier molecular flexibility index (Phi) is 5.44. The van der Waals surface area contributed by atoms with Crippen molar-refractivity contribution in [3.05, 3.63) is 61.8 Å².